The molecule has 0 aliphatic carbocycles. The van der Waals surface area contributed by atoms with E-state index in [9.17, 15) is 19.5 Å². The second kappa shape index (κ2) is 15.0. The van der Waals surface area contributed by atoms with E-state index in [1.807, 2.05) is 6.92 Å². The topological polar surface area (TPSA) is 136 Å². The number of aromatic nitrogens is 1. The summed E-state index contributed by atoms with van der Waals surface area (Å²) in [6.45, 7) is 5.63. The van der Waals surface area contributed by atoms with E-state index < -0.39 is 23.7 Å². The van der Waals surface area contributed by atoms with Crippen LogP contribution in [0.4, 0.5) is 4.79 Å². The van der Waals surface area contributed by atoms with Crippen LogP contribution in [0, 0.1) is 0 Å². The summed E-state index contributed by atoms with van der Waals surface area (Å²) >= 11 is 0. The van der Waals surface area contributed by atoms with E-state index in [4.69, 9.17) is 14.2 Å². The average molecular weight is 425 g/mol. The molecule has 1 heterocycles. The Hall–Kier alpha value is -2.88. The Kier molecular flexibility index (Phi) is 12.6. The van der Waals surface area contributed by atoms with Gasteiger partial charge in [0.05, 0.1) is 12.2 Å². The van der Waals surface area contributed by atoms with Gasteiger partial charge < -0.3 is 30.0 Å². The lowest BCUT2D eigenvalue weighted by atomic mass is 10.2. The minimum Gasteiger partial charge on any atom is -0.503 e. The molecule has 2 amide bonds. The molecule has 10 heteroatoms. The van der Waals surface area contributed by atoms with E-state index in [2.05, 4.69) is 22.5 Å². The van der Waals surface area contributed by atoms with Crippen molar-refractivity contribution in [3.05, 3.63) is 17.8 Å². The number of rotatable bonds is 14. The van der Waals surface area contributed by atoms with Gasteiger partial charge in [0.1, 0.15) is 6.54 Å². The summed E-state index contributed by atoms with van der Waals surface area (Å²) in [7, 11) is 0. The van der Waals surface area contributed by atoms with Gasteiger partial charge in [-0.1, -0.05) is 26.7 Å². The number of esters is 1. The second-order valence-corrected chi connectivity index (χ2v) is 6.44. The first-order valence-corrected chi connectivity index (χ1v) is 10.1. The molecular weight excluding hydrogens is 394 g/mol. The Morgan fingerprint density at radius 2 is 1.73 bits per heavy atom. The van der Waals surface area contributed by atoms with Crippen LogP contribution in [0.1, 0.15) is 56.3 Å². The van der Waals surface area contributed by atoms with E-state index in [0.29, 0.717) is 26.2 Å². The fraction of sp³-hybridized carbons (Fsp3) is 0.600. The smallest absolute Gasteiger partial charge is 0.414 e. The number of ether oxygens (including phenoxy) is 3. The fourth-order valence-corrected chi connectivity index (χ4v) is 2.12. The normalized spacial score (nSPS) is 10.3. The van der Waals surface area contributed by atoms with Crippen LogP contribution in [0.2, 0.25) is 0 Å². The minimum atomic E-state index is -0.981. The lowest BCUT2D eigenvalue weighted by molar-refractivity contribution is -0.142. The SMILES string of the molecule is CCCCOCCCNC(=O)c1cnc(OC(=O)NCC(=O)OCCCC)c(O)c1. The number of pyridine rings is 1. The third-order valence-electron chi connectivity index (χ3n) is 3.82. The average Bonchev–Trinajstić information content (AvgIpc) is 2.73. The van der Waals surface area contributed by atoms with Crippen LogP contribution in [0.5, 0.6) is 11.6 Å². The van der Waals surface area contributed by atoms with Crippen molar-refractivity contribution in [3.8, 4) is 11.6 Å². The summed E-state index contributed by atoms with van der Waals surface area (Å²) in [6, 6.07) is 1.14. The quantitative estimate of drug-likeness (QED) is 0.305. The molecule has 0 saturated carbocycles. The van der Waals surface area contributed by atoms with Gasteiger partial charge in [-0.05, 0) is 25.3 Å². The molecule has 0 unspecified atom stereocenters. The molecule has 0 aliphatic rings. The van der Waals surface area contributed by atoms with Crippen molar-refractivity contribution in [3.63, 3.8) is 0 Å². The molecule has 0 fully saturated rings. The molecule has 0 saturated heterocycles. The molecule has 168 valence electrons. The van der Waals surface area contributed by atoms with Gasteiger partial charge in [0.2, 0.25) is 0 Å². The monoisotopic (exact) mass is 425 g/mol. The number of unbranched alkanes of at least 4 members (excludes halogenated alkanes) is 2. The largest absolute Gasteiger partial charge is 0.503 e. The van der Waals surface area contributed by atoms with Crippen molar-refractivity contribution in [2.75, 3.05) is 32.9 Å². The standard InChI is InChI=1S/C20H31N3O7/c1-3-5-9-28-10-7-8-21-18(26)15-12-16(24)19(22-13-15)30-20(27)23-14-17(25)29-11-6-4-2/h12-13,24H,3-11,14H2,1-2H3,(H,21,26)(H,23,27). The highest BCUT2D eigenvalue weighted by Gasteiger charge is 2.15. The number of hydrogen-bond donors (Lipinski definition) is 3. The van der Waals surface area contributed by atoms with Crippen molar-refractivity contribution in [2.45, 2.75) is 46.0 Å². The molecule has 1 aromatic rings. The van der Waals surface area contributed by atoms with Gasteiger partial charge in [0, 0.05) is 26.0 Å². The number of aromatic hydroxyl groups is 1. The predicted octanol–water partition coefficient (Wildman–Crippen LogP) is 2.16. The molecule has 0 aromatic carbocycles. The summed E-state index contributed by atoms with van der Waals surface area (Å²) < 4.78 is 15.1. The van der Waals surface area contributed by atoms with Crippen molar-refractivity contribution < 1.29 is 33.7 Å². The van der Waals surface area contributed by atoms with Crippen LogP contribution in [0.15, 0.2) is 12.3 Å². The zero-order chi connectivity index (χ0) is 22.2. The highest BCUT2D eigenvalue weighted by Crippen LogP contribution is 2.23. The molecule has 0 spiro atoms. The molecule has 0 aliphatic heterocycles. The van der Waals surface area contributed by atoms with E-state index in [1.54, 1.807) is 0 Å². The van der Waals surface area contributed by atoms with Gasteiger partial charge in [-0.25, -0.2) is 9.78 Å². The molecule has 0 radical (unpaired) electrons. The Labute approximate surface area is 176 Å². The predicted molar refractivity (Wildman–Crippen MR) is 108 cm³/mol. The van der Waals surface area contributed by atoms with Crippen molar-refractivity contribution in [1.82, 2.24) is 15.6 Å². The summed E-state index contributed by atoms with van der Waals surface area (Å²) in [4.78, 5) is 39.0. The number of carbonyl (C=O) groups is 3. The molecule has 30 heavy (non-hydrogen) atoms. The lowest BCUT2D eigenvalue weighted by Crippen LogP contribution is -2.33. The Morgan fingerprint density at radius 1 is 1.03 bits per heavy atom. The van der Waals surface area contributed by atoms with E-state index in [-0.39, 0.29) is 24.6 Å². The maximum Gasteiger partial charge on any atom is 0.414 e. The van der Waals surface area contributed by atoms with Crippen LogP contribution in [-0.4, -0.2) is 61.0 Å². The van der Waals surface area contributed by atoms with Crippen LogP contribution in [0.3, 0.4) is 0 Å². The Bertz CT molecular complexity index is 682. The van der Waals surface area contributed by atoms with Gasteiger partial charge in [-0.15, -0.1) is 0 Å². The Morgan fingerprint density at radius 3 is 2.43 bits per heavy atom. The first-order chi connectivity index (χ1) is 14.5. The van der Waals surface area contributed by atoms with Crippen LogP contribution >= 0.6 is 0 Å². The van der Waals surface area contributed by atoms with E-state index >= 15 is 0 Å². The molecule has 1 aromatic heterocycles. The molecule has 3 N–H and O–H groups in total. The molecule has 10 nitrogen and oxygen atoms in total. The zero-order valence-corrected chi connectivity index (χ0v) is 17.6. The van der Waals surface area contributed by atoms with Gasteiger partial charge in [0.15, 0.2) is 5.75 Å². The summed E-state index contributed by atoms with van der Waals surface area (Å²) in [5.41, 5.74) is 0.117. The van der Waals surface area contributed by atoms with Crippen molar-refractivity contribution in [2.24, 2.45) is 0 Å². The van der Waals surface area contributed by atoms with Gasteiger partial charge in [0.25, 0.3) is 11.8 Å². The van der Waals surface area contributed by atoms with Gasteiger partial charge in [-0.3, -0.25) is 9.59 Å². The van der Waals surface area contributed by atoms with Gasteiger partial charge >= 0.3 is 12.1 Å². The second-order valence-electron chi connectivity index (χ2n) is 6.44. The Balaban J connectivity index is 2.37. The maximum absolute atomic E-state index is 12.1. The highest BCUT2D eigenvalue weighted by atomic mass is 16.6. The first-order valence-electron chi connectivity index (χ1n) is 10.1. The zero-order valence-electron chi connectivity index (χ0n) is 17.6. The van der Waals surface area contributed by atoms with Gasteiger partial charge in [-0.2, -0.15) is 0 Å². The number of amides is 2. The third kappa shape index (κ3) is 10.6. The third-order valence-corrected chi connectivity index (χ3v) is 3.82. The van der Waals surface area contributed by atoms with Crippen LogP contribution in [-0.2, 0) is 14.3 Å². The summed E-state index contributed by atoms with van der Waals surface area (Å²) in [6.07, 6.45) is 4.56. The first kappa shape index (κ1) is 25.2. The molecule has 0 bridgehead atoms. The number of nitrogens with one attached hydrogen (secondary N) is 2. The summed E-state index contributed by atoms with van der Waals surface area (Å²) in [5, 5.41) is 14.8. The lowest BCUT2D eigenvalue weighted by Gasteiger charge is -2.09. The fourth-order valence-electron chi connectivity index (χ4n) is 2.12. The van der Waals surface area contributed by atoms with Crippen molar-refractivity contribution >= 4 is 18.0 Å². The van der Waals surface area contributed by atoms with Crippen LogP contribution < -0.4 is 15.4 Å². The molecular formula is C20H31N3O7. The van der Waals surface area contributed by atoms with Crippen LogP contribution in [0.25, 0.3) is 0 Å². The number of nitrogens with zero attached hydrogens (tertiary/aromatic N) is 1. The number of carbonyl (C=O) groups excluding carboxylic acids is 3. The summed E-state index contributed by atoms with van der Waals surface area (Å²) in [5.74, 6) is -1.88. The highest BCUT2D eigenvalue weighted by molar-refractivity contribution is 5.94. The van der Waals surface area contributed by atoms with E-state index in [1.165, 1.54) is 6.20 Å². The number of hydrogen-bond acceptors (Lipinski definition) is 8. The van der Waals surface area contributed by atoms with Crippen molar-refractivity contribution in [1.29, 1.82) is 0 Å². The van der Waals surface area contributed by atoms with E-state index in [0.717, 1.165) is 31.7 Å². The molecule has 1 rings (SSSR count). The molecule has 0 atom stereocenters. The maximum atomic E-state index is 12.1. The minimum absolute atomic E-state index is 0.117.